The minimum Gasteiger partial charge on any atom is -0.385 e. The number of hydrogen-bond acceptors (Lipinski definition) is 4. The molecule has 0 aliphatic rings. The highest BCUT2D eigenvalue weighted by molar-refractivity contribution is 5.55. The first-order valence-corrected chi connectivity index (χ1v) is 5.94. The molecule has 2 rings (SSSR count). The number of alkyl halides is 3. The number of anilines is 1. The van der Waals surface area contributed by atoms with Gasteiger partial charge in [0.1, 0.15) is 5.56 Å². The molecular formula is C12H11F3N4O2. The molecule has 0 atom stereocenters. The Labute approximate surface area is 117 Å². The minimum atomic E-state index is -4.77. The van der Waals surface area contributed by atoms with Gasteiger partial charge in [0.25, 0.3) is 5.69 Å². The zero-order valence-corrected chi connectivity index (χ0v) is 10.6. The third-order valence-electron chi connectivity index (χ3n) is 2.78. The standard InChI is InChI=1S/C12H11F3N4O2/c13-12(14,15)10-5-8(1-2-11(10)19(20)21)17-4-3-9-6-16-7-18-9/h1-2,5-7,17H,3-4H2,(H,16,18). The van der Waals surface area contributed by atoms with Gasteiger partial charge in [0.2, 0.25) is 0 Å². The summed E-state index contributed by atoms with van der Waals surface area (Å²) in [6, 6.07) is 2.84. The van der Waals surface area contributed by atoms with E-state index >= 15 is 0 Å². The van der Waals surface area contributed by atoms with Crippen molar-refractivity contribution in [2.45, 2.75) is 12.6 Å². The highest BCUT2D eigenvalue weighted by Crippen LogP contribution is 2.37. The molecule has 9 heteroatoms. The van der Waals surface area contributed by atoms with Gasteiger partial charge in [-0.3, -0.25) is 10.1 Å². The second-order valence-corrected chi connectivity index (χ2v) is 4.24. The largest absolute Gasteiger partial charge is 0.423 e. The van der Waals surface area contributed by atoms with Crippen LogP contribution in [0.5, 0.6) is 0 Å². The molecule has 0 saturated carbocycles. The lowest BCUT2D eigenvalue weighted by atomic mass is 10.1. The van der Waals surface area contributed by atoms with E-state index in [2.05, 4.69) is 15.3 Å². The second kappa shape index (κ2) is 5.81. The Kier molecular flexibility index (Phi) is 4.10. The molecule has 112 valence electrons. The third kappa shape index (κ3) is 3.71. The average molecular weight is 300 g/mol. The maximum absolute atomic E-state index is 12.8. The summed E-state index contributed by atoms with van der Waals surface area (Å²) in [6.45, 7) is 0.372. The van der Waals surface area contributed by atoms with E-state index in [0.29, 0.717) is 13.0 Å². The molecule has 1 aromatic heterocycles. The van der Waals surface area contributed by atoms with Gasteiger partial charge in [0.15, 0.2) is 0 Å². The summed E-state index contributed by atoms with van der Waals surface area (Å²) in [7, 11) is 0. The van der Waals surface area contributed by atoms with Gasteiger partial charge in [-0.15, -0.1) is 0 Å². The van der Waals surface area contributed by atoms with Crippen molar-refractivity contribution in [1.29, 1.82) is 0 Å². The van der Waals surface area contributed by atoms with Crippen molar-refractivity contribution in [2.75, 3.05) is 11.9 Å². The topological polar surface area (TPSA) is 83.8 Å². The number of aromatic nitrogens is 2. The summed E-state index contributed by atoms with van der Waals surface area (Å²) >= 11 is 0. The maximum atomic E-state index is 12.8. The van der Waals surface area contributed by atoms with Crippen LogP contribution in [0.15, 0.2) is 30.7 Å². The molecule has 0 unspecified atom stereocenters. The highest BCUT2D eigenvalue weighted by atomic mass is 19.4. The van der Waals surface area contributed by atoms with Crippen molar-refractivity contribution >= 4 is 11.4 Å². The zero-order valence-electron chi connectivity index (χ0n) is 10.6. The number of rotatable bonds is 5. The first kappa shape index (κ1) is 14.8. The quantitative estimate of drug-likeness (QED) is 0.656. The number of imidazole rings is 1. The van der Waals surface area contributed by atoms with E-state index < -0.39 is 22.4 Å². The molecule has 1 aromatic carbocycles. The molecule has 1 heterocycles. The molecule has 2 N–H and O–H groups in total. The molecule has 0 aliphatic carbocycles. The zero-order chi connectivity index (χ0) is 15.5. The van der Waals surface area contributed by atoms with E-state index in [1.54, 1.807) is 6.20 Å². The number of nitro groups is 1. The predicted octanol–water partition coefficient (Wildman–Crippen LogP) is 2.99. The summed E-state index contributed by atoms with van der Waals surface area (Å²) < 4.78 is 38.4. The van der Waals surface area contributed by atoms with E-state index in [9.17, 15) is 23.3 Å². The normalized spacial score (nSPS) is 11.4. The molecule has 6 nitrogen and oxygen atoms in total. The van der Waals surface area contributed by atoms with Crippen molar-refractivity contribution in [3.05, 3.63) is 52.1 Å². The molecule has 0 saturated heterocycles. The van der Waals surface area contributed by atoms with Crippen LogP contribution in [0.4, 0.5) is 24.5 Å². The molecule has 0 radical (unpaired) electrons. The van der Waals surface area contributed by atoms with Gasteiger partial charge in [-0.1, -0.05) is 0 Å². The third-order valence-corrected chi connectivity index (χ3v) is 2.78. The van der Waals surface area contributed by atoms with Gasteiger partial charge in [-0.2, -0.15) is 13.2 Å². The van der Waals surface area contributed by atoms with E-state index in [-0.39, 0.29) is 5.69 Å². The minimum absolute atomic E-state index is 0.174. The van der Waals surface area contributed by atoms with Crippen molar-refractivity contribution in [3.63, 3.8) is 0 Å². The first-order chi connectivity index (χ1) is 9.88. The Balaban J connectivity index is 2.12. The van der Waals surface area contributed by atoms with Crippen LogP contribution in [0.2, 0.25) is 0 Å². The van der Waals surface area contributed by atoms with Crippen LogP contribution in [0.25, 0.3) is 0 Å². The molecule has 2 aromatic rings. The van der Waals surface area contributed by atoms with E-state index in [4.69, 9.17) is 0 Å². The summed E-state index contributed by atoms with van der Waals surface area (Å²) in [5.41, 5.74) is -1.21. The van der Waals surface area contributed by atoms with Crippen molar-refractivity contribution in [2.24, 2.45) is 0 Å². The number of hydrogen-bond donors (Lipinski definition) is 2. The molecule has 0 fully saturated rings. The lowest BCUT2D eigenvalue weighted by Gasteiger charge is -2.11. The SMILES string of the molecule is O=[N+]([O-])c1ccc(NCCc2cnc[nH]2)cc1C(F)(F)F. The molecule has 0 bridgehead atoms. The van der Waals surface area contributed by atoms with Gasteiger partial charge in [-0.25, -0.2) is 4.98 Å². The van der Waals surface area contributed by atoms with Gasteiger partial charge >= 0.3 is 6.18 Å². The second-order valence-electron chi connectivity index (χ2n) is 4.24. The predicted molar refractivity (Wildman–Crippen MR) is 68.9 cm³/mol. The van der Waals surface area contributed by atoms with Crippen LogP contribution in [-0.4, -0.2) is 21.4 Å². The number of benzene rings is 1. The monoisotopic (exact) mass is 300 g/mol. The Hall–Kier alpha value is -2.58. The summed E-state index contributed by atoms with van der Waals surface area (Å²) in [5, 5.41) is 13.4. The van der Waals surface area contributed by atoms with Crippen LogP contribution in [0.3, 0.4) is 0 Å². The number of nitro benzene ring substituents is 1. The number of aromatic amines is 1. The van der Waals surface area contributed by atoms with Gasteiger partial charge in [-0.05, 0) is 12.1 Å². The van der Waals surface area contributed by atoms with E-state index in [0.717, 1.165) is 17.8 Å². The molecule has 0 spiro atoms. The van der Waals surface area contributed by atoms with Crippen LogP contribution >= 0.6 is 0 Å². The summed E-state index contributed by atoms with van der Waals surface area (Å²) in [6.07, 6.45) is -1.12. The van der Waals surface area contributed by atoms with Gasteiger partial charge < -0.3 is 10.3 Å². The Morgan fingerprint density at radius 3 is 2.71 bits per heavy atom. The fourth-order valence-corrected chi connectivity index (χ4v) is 1.80. The van der Waals surface area contributed by atoms with Crippen LogP contribution in [-0.2, 0) is 12.6 Å². The Bertz CT molecular complexity index is 626. The van der Waals surface area contributed by atoms with E-state index in [1.807, 2.05) is 0 Å². The summed E-state index contributed by atoms with van der Waals surface area (Å²) in [5.74, 6) is 0. The first-order valence-electron chi connectivity index (χ1n) is 5.94. The maximum Gasteiger partial charge on any atom is 0.423 e. The Morgan fingerprint density at radius 1 is 1.38 bits per heavy atom. The fourth-order valence-electron chi connectivity index (χ4n) is 1.80. The van der Waals surface area contributed by atoms with Crippen LogP contribution in [0, 0.1) is 10.1 Å². The molecular weight excluding hydrogens is 289 g/mol. The number of halogens is 3. The number of nitrogens with one attached hydrogen (secondary N) is 2. The van der Waals surface area contributed by atoms with E-state index in [1.165, 1.54) is 12.4 Å². The lowest BCUT2D eigenvalue weighted by Crippen LogP contribution is -2.11. The Morgan fingerprint density at radius 2 is 2.14 bits per heavy atom. The number of H-pyrrole nitrogens is 1. The van der Waals surface area contributed by atoms with Crippen LogP contribution in [0.1, 0.15) is 11.3 Å². The van der Waals surface area contributed by atoms with Crippen molar-refractivity contribution in [1.82, 2.24) is 9.97 Å². The van der Waals surface area contributed by atoms with Gasteiger partial charge in [0, 0.05) is 36.6 Å². The molecule has 21 heavy (non-hydrogen) atoms. The average Bonchev–Trinajstić information content (AvgIpc) is 2.90. The van der Waals surface area contributed by atoms with Crippen molar-refractivity contribution < 1.29 is 18.1 Å². The lowest BCUT2D eigenvalue weighted by molar-refractivity contribution is -0.388. The smallest absolute Gasteiger partial charge is 0.385 e. The van der Waals surface area contributed by atoms with Gasteiger partial charge in [0.05, 0.1) is 11.3 Å². The van der Waals surface area contributed by atoms with Crippen LogP contribution < -0.4 is 5.32 Å². The van der Waals surface area contributed by atoms with Crippen molar-refractivity contribution in [3.8, 4) is 0 Å². The molecule has 0 aliphatic heterocycles. The highest BCUT2D eigenvalue weighted by Gasteiger charge is 2.38. The number of nitrogens with zero attached hydrogens (tertiary/aromatic N) is 2. The fraction of sp³-hybridized carbons (Fsp3) is 0.250. The molecule has 0 amide bonds. The summed E-state index contributed by atoms with van der Waals surface area (Å²) in [4.78, 5) is 16.3.